The first-order valence-corrected chi connectivity index (χ1v) is 10.6. The Hall–Kier alpha value is -4.27. The van der Waals surface area contributed by atoms with E-state index in [1.54, 1.807) is 43.7 Å². The topological polar surface area (TPSA) is 111 Å². The number of carbonyl (C=O) groups excluding carboxylic acids is 1. The zero-order valence-electron chi connectivity index (χ0n) is 18.2. The number of anilines is 2. The summed E-state index contributed by atoms with van der Waals surface area (Å²) < 4.78 is 7.45. The van der Waals surface area contributed by atoms with Crippen molar-refractivity contribution in [2.45, 2.75) is 25.8 Å². The average molecular weight is 442 g/mol. The fraction of sp³-hybridized carbons (Fsp3) is 0.208. The summed E-state index contributed by atoms with van der Waals surface area (Å²) in [6.45, 7) is 1.42. The summed E-state index contributed by atoms with van der Waals surface area (Å²) in [6.07, 6.45) is 5.35. The van der Waals surface area contributed by atoms with Crippen molar-refractivity contribution >= 4 is 28.6 Å². The Balaban J connectivity index is 1.40. The maximum Gasteiger partial charge on any atom is 0.264 e. The van der Waals surface area contributed by atoms with Crippen molar-refractivity contribution in [1.29, 1.82) is 0 Å². The minimum atomic E-state index is -0.203. The predicted molar refractivity (Wildman–Crippen MR) is 125 cm³/mol. The zero-order chi connectivity index (χ0) is 22.9. The summed E-state index contributed by atoms with van der Waals surface area (Å²) >= 11 is 0. The highest BCUT2D eigenvalue weighted by atomic mass is 16.5. The lowest BCUT2D eigenvalue weighted by atomic mass is 10.1. The summed E-state index contributed by atoms with van der Waals surface area (Å²) in [5.74, 6) is 1.95. The minimum absolute atomic E-state index is 0.146. The third-order valence-corrected chi connectivity index (χ3v) is 5.29. The maximum atomic E-state index is 12.9. The van der Waals surface area contributed by atoms with E-state index >= 15 is 0 Å². The van der Waals surface area contributed by atoms with Gasteiger partial charge in [0.05, 0.1) is 16.8 Å². The quantitative estimate of drug-likeness (QED) is 0.468. The van der Waals surface area contributed by atoms with Gasteiger partial charge in [0.1, 0.15) is 17.3 Å². The van der Waals surface area contributed by atoms with E-state index in [-0.39, 0.29) is 11.5 Å². The largest absolute Gasteiger partial charge is 0.457 e. The number of hydrogen-bond acceptors (Lipinski definition) is 7. The van der Waals surface area contributed by atoms with Crippen molar-refractivity contribution in [3.8, 4) is 22.8 Å². The van der Waals surface area contributed by atoms with Crippen LogP contribution in [0, 0.1) is 0 Å². The standard InChI is InChI=1S/C24H22N6O3/c1-14(31)27-22-12-18(9-10-25-22)33-17-6-8-20-15(11-17)3-7-21(29-20)19-13-26-24(28-16-4-5-16)30(2)23(19)32/h3,6-13,16H,4-5H2,1-2H3,(H,26,28)(H,25,27,31). The first-order valence-electron chi connectivity index (χ1n) is 10.6. The van der Waals surface area contributed by atoms with Crippen LogP contribution in [-0.4, -0.2) is 31.5 Å². The summed E-state index contributed by atoms with van der Waals surface area (Å²) in [6, 6.07) is 13.0. The van der Waals surface area contributed by atoms with Gasteiger partial charge in [0.2, 0.25) is 11.9 Å². The molecule has 0 aliphatic heterocycles. The molecule has 0 radical (unpaired) electrons. The number of aromatic nitrogens is 4. The van der Waals surface area contributed by atoms with Gasteiger partial charge in [0.15, 0.2) is 0 Å². The number of pyridine rings is 2. The molecule has 0 saturated heterocycles. The van der Waals surface area contributed by atoms with E-state index in [1.807, 2.05) is 18.2 Å². The summed E-state index contributed by atoms with van der Waals surface area (Å²) in [5.41, 5.74) is 1.60. The van der Waals surface area contributed by atoms with Gasteiger partial charge >= 0.3 is 0 Å². The predicted octanol–water partition coefficient (Wildman–Crippen LogP) is 3.72. The highest BCUT2D eigenvalue weighted by molar-refractivity contribution is 5.87. The lowest BCUT2D eigenvalue weighted by molar-refractivity contribution is -0.114. The summed E-state index contributed by atoms with van der Waals surface area (Å²) in [7, 11) is 1.71. The fourth-order valence-corrected chi connectivity index (χ4v) is 3.44. The highest BCUT2D eigenvalue weighted by Gasteiger charge is 2.23. The molecule has 3 aromatic heterocycles. The molecular weight excluding hydrogens is 420 g/mol. The van der Waals surface area contributed by atoms with Crippen molar-refractivity contribution in [3.63, 3.8) is 0 Å². The van der Waals surface area contributed by atoms with E-state index in [4.69, 9.17) is 4.74 Å². The smallest absolute Gasteiger partial charge is 0.264 e. The van der Waals surface area contributed by atoms with Crippen LogP contribution in [0.3, 0.4) is 0 Å². The third kappa shape index (κ3) is 4.52. The molecule has 9 heteroatoms. The molecule has 4 aromatic rings. The van der Waals surface area contributed by atoms with Gasteiger partial charge < -0.3 is 15.4 Å². The van der Waals surface area contributed by atoms with Crippen LogP contribution in [0.4, 0.5) is 11.8 Å². The number of nitrogens with zero attached hydrogens (tertiary/aromatic N) is 4. The number of benzene rings is 1. The zero-order valence-corrected chi connectivity index (χ0v) is 18.2. The number of hydrogen-bond donors (Lipinski definition) is 2. The molecule has 1 aromatic carbocycles. The van der Waals surface area contributed by atoms with E-state index in [0.717, 1.165) is 23.7 Å². The SMILES string of the molecule is CC(=O)Nc1cc(Oc2ccc3nc(-c4cnc(NC5CC5)n(C)c4=O)ccc3c2)ccn1. The van der Waals surface area contributed by atoms with Crippen LogP contribution < -0.4 is 20.9 Å². The molecule has 1 fully saturated rings. The third-order valence-electron chi connectivity index (χ3n) is 5.29. The van der Waals surface area contributed by atoms with Gasteiger partial charge in [-0.05, 0) is 43.2 Å². The molecule has 0 atom stereocenters. The first kappa shape index (κ1) is 20.6. The minimum Gasteiger partial charge on any atom is -0.457 e. The molecular formula is C24H22N6O3. The van der Waals surface area contributed by atoms with Crippen molar-refractivity contribution in [1.82, 2.24) is 19.5 Å². The van der Waals surface area contributed by atoms with E-state index in [0.29, 0.717) is 40.6 Å². The number of ether oxygens (including phenoxy) is 1. The molecule has 33 heavy (non-hydrogen) atoms. The molecule has 0 spiro atoms. The second-order valence-electron chi connectivity index (χ2n) is 7.99. The van der Waals surface area contributed by atoms with Crippen molar-refractivity contribution in [3.05, 3.63) is 65.2 Å². The second kappa shape index (κ2) is 8.34. The Labute approximate surface area is 189 Å². The van der Waals surface area contributed by atoms with Crippen molar-refractivity contribution in [2.24, 2.45) is 7.05 Å². The molecule has 9 nitrogen and oxygen atoms in total. The van der Waals surface area contributed by atoms with E-state index in [1.165, 1.54) is 11.5 Å². The number of rotatable bonds is 6. The molecule has 3 heterocycles. The first-order chi connectivity index (χ1) is 16.0. The Morgan fingerprint density at radius 3 is 2.70 bits per heavy atom. The average Bonchev–Trinajstić information content (AvgIpc) is 3.61. The number of carbonyl (C=O) groups is 1. The second-order valence-corrected chi connectivity index (χ2v) is 7.99. The van der Waals surface area contributed by atoms with Crippen molar-refractivity contribution < 1.29 is 9.53 Å². The summed E-state index contributed by atoms with van der Waals surface area (Å²) in [4.78, 5) is 37.3. The molecule has 1 amide bonds. The van der Waals surface area contributed by atoms with Gasteiger partial charge in [-0.15, -0.1) is 0 Å². The molecule has 1 aliphatic rings. The van der Waals surface area contributed by atoms with Gasteiger partial charge in [0.25, 0.3) is 5.56 Å². The van der Waals surface area contributed by atoms with Crippen molar-refractivity contribution in [2.75, 3.05) is 10.6 Å². The number of fused-ring (bicyclic) bond motifs is 1. The number of nitrogens with one attached hydrogen (secondary N) is 2. The van der Waals surface area contributed by atoms with E-state index < -0.39 is 0 Å². The van der Waals surface area contributed by atoms with Crippen LogP contribution in [0.2, 0.25) is 0 Å². The van der Waals surface area contributed by atoms with E-state index in [9.17, 15) is 9.59 Å². The Morgan fingerprint density at radius 1 is 1.09 bits per heavy atom. The molecule has 1 aliphatic carbocycles. The van der Waals surface area contributed by atoms with Crippen LogP contribution in [-0.2, 0) is 11.8 Å². The molecule has 1 saturated carbocycles. The van der Waals surface area contributed by atoms with Crippen LogP contribution in [0.1, 0.15) is 19.8 Å². The van der Waals surface area contributed by atoms with Gasteiger partial charge in [-0.3, -0.25) is 14.2 Å². The van der Waals surface area contributed by atoms with Gasteiger partial charge in [-0.1, -0.05) is 6.07 Å². The molecule has 2 N–H and O–H groups in total. The van der Waals surface area contributed by atoms with Crippen LogP contribution >= 0.6 is 0 Å². The molecule has 0 bridgehead atoms. The summed E-state index contributed by atoms with van der Waals surface area (Å²) in [5, 5.41) is 6.76. The molecule has 0 unspecified atom stereocenters. The van der Waals surface area contributed by atoms with Crippen LogP contribution in [0.15, 0.2) is 59.7 Å². The maximum absolute atomic E-state index is 12.9. The number of amides is 1. The molecule has 5 rings (SSSR count). The Bertz CT molecular complexity index is 1430. The van der Waals surface area contributed by atoms with Gasteiger partial charge in [0, 0.05) is 43.9 Å². The van der Waals surface area contributed by atoms with E-state index in [2.05, 4.69) is 25.6 Å². The van der Waals surface area contributed by atoms with Gasteiger partial charge in [-0.2, -0.15) is 0 Å². The van der Waals surface area contributed by atoms with Crippen LogP contribution in [0.25, 0.3) is 22.2 Å². The lowest BCUT2D eigenvalue weighted by Crippen LogP contribution is -2.24. The van der Waals surface area contributed by atoms with Gasteiger partial charge in [-0.25, -0.2) is 15.0 Å². The normalized spacial score (nSPS) is 13.0. The monoisotopic (exact) mass is 442 g/mol. The Morgan fingerprint density at radius 2 is 1.91 bits per heavy atom. The fourth-order valence-electron chi connectivity index (χ4n) is 3.44. The Kier molecular flexibility index (Phi) is 5.21. The molecule has 166 valence electrons. The highest BCUT2D eigenvalue weighted by Crippen LogP contribution is 2.28. The lowest BCUT2D eigenvalue weighted by Gasteiger charge is -2.11. The van der Waals surface area contributed by atoms with Crippen LogP contribution in [0.5, 0.6) is 11.5 Å².